The Balaban J connectivity index is 2.06. The Morgan fingerprint density at radius 3 is 2.72 bits per heavy atom. The molecule has 0 radical (unpaired) electrons. The van der Waals surface area contributed by atoms with Gasteiger partial charge in [-0.15, -0.1) is 0 Å². The van der Waals surface area contributed by atoms with E-state index in [9.17, 15) is 0 Å². The van der Waals surface area contributed by atoms with Gasteiger partial charge in [0, 0.05) is 11.8 Å². The first-order valence-corrected chi connectivity index (χ1v) is 6.57. The van der Waals surface area contributed by atoms with Crippen LogP contribution in [0.25, 0.3) is 11.1 Å². The van der Waals surface area contributed by atoms with Crippen molar-refractivity contribution in [2.24, 2.45) is 0 Å². The van der Waals surface area contributed by atoms with Crippen LogP contribution in [-0.4, -0.2) is 4.98 Å². The molecular formula is C16H18N2. The van der Waals surface area contributed by atoms with Crippen molar-refractivity contribution in [3.8, 4) is 11.1 Å². The fraction of sp³-hybridized carbons (Fsp3) is 0.312. The fourth-order valence-corrected chi connectivity index (χ4v) is 2.64. The molecule has 92 valence electrons. The number of rotatable bonds is 2. The van der Waals surface area contributed by atoms with Gasteiger partial charge in [0.1, 0.15) is 5.82 Å². The predicted octanol–water partition coefficient (Wildman–Crippen LogP) is 3.91. The summed E-state index contributed by atoms with van der Waals surface area (Å²) < 4.78 is 0. The van der Waals surface area contributed by atoms with Crippen LogP contribution >= 0.6 is 0 Å². The number of aromatic nitrogens is 1. The molecule has 0 amide bonds. The molecule has 0 unspecified atom stereocenters. The molecule has 3 rings (SSSR count). The Morgan fingerprint density at radius 1 is 1.22 bits per heavy atom. The van der Waals surface area contributed by atoms with Gasteiger partial charge >= 0.3 is 0 Å². The van der Waals surface area contributed by atoms with Crippen molar-refractivity contribution in [2.75, 3.05) is 5.73 Å². The van der Waals surface area contributed by atoms with Gasteiger partial charge in [-0.3, -0.25) is 0 Å². The first-order chi connectivity index (χ1) is 8.75. The SMILES string of the molecule is Cc1ccnc(N)c1-c1cccc(C2CCC2)c1. The van der Waals surface area contributed by atoms with Crippen LogP contribution in [0.4, 0.5) is 5.82 Å². The fourth-order valence-electron chi connectivity index (χ4n) is 2.64. The highest BCUT2D eigenvalue weighted by Crippen LogP contribution is 2.38. The Labute approximate surface area is 108 Å². The topological polar surface area (TPSA) is 38.9 Å². The minimum absolute atomic E-state index is 0.626. The van der Waals surface area contributed by atoms with Crippen LogP contribution in [0.1, 0.15) is 36.3 Å². The van der Waals surface area contributed by atoms with Crippen molar-refractivity contribution in [1.82, 2.24) is 4.98 Å². The zero-order chi connectivity index (χ0) is 12.5. The highest BCUT2D eigenvalue weighted by molar-refractivity contribution is 5.77. The number of nitrogens with two attached hydrogens (primary N) is 1. The summed E-state index contributed by atoms with van der Waals surface area (Å²) in [5, 5.41) is 0. The van der Waals surface area contributed by atoms with Crippen LogP contribution in [0.5, 0.6) is 0 Å². The molecule has 0 saturated heterocycles. The molecule has 2 aromatic rings. The molecule has 1 aromatic carbocycles. The summed E-state index contributed by atoms with van der Waals surface area (Å²) in [6.45, 7) is 2.09. The normalized spacial score (nSPS) is 15.4. The van der Waals surface area contributed by atoms with Gasteiger partial charge in [0.15, 0.2) is 0 Å². The Morgan fingerprint density at radius 2 is 2.06 bits per heavy atom. The lowest BCUT2D eigenvalue weighted by Gasteiger charge is -2.26. The van der Waals surface area contributed by atoms with Gasteiger partial charge in [-0.2, -0.15) is 0 Å². The molecule has 0 atom stereocenters. The third-order valence-electron chi connectivity index (χ3n) is 3.94. The molecule has 1 saturated carbocycles. The average Bonchev–Trinajstić information content (AvgIpc) is 2.27. The number of benzene rings is 1. The van der Waals surface area contributed by atoms with Gasteiger partial charge in [0.05, 0.1) is 0 Å². The lowest BCUT2D eigenvalue weighted by molar-refractivity contribution is 0.420. The summed E-state index contributed by atoms with van der Waals surface area (Å²) in [4.78, 5) is 4.20. The van der Waals surface area contributed by atoms with Crippen LogP contribution in [0.2, 0.25) is 0 Å². The summed E-state index contributed by atoms with van der Waals surface area (Å²) in [5.41, 5.74) is 10.9. The third kappa shape index (κ3) is 1.88. The molecule has 1 heterocycles. The summed E-state index contributed by atoms with van der Waals surface area (Å²) in [6.07, 6.45) is 5.78. The number of nitrogens with zero attached hydrogens (tertiary/aromatic N) is 1. The lowest BCUT2D eigenvalue weighted by atomic mass is 9.79. The van der Waals surface area contributed by atoms with Crippen LogP contribution in [0.15, 0.2) is 36.5 Å². The maximum absolute atomic E-state index is 6.01. The smallest absolute Gasteiger partial charge is 0.131 e. The maximum atomic E-state index is 6.01. The van der Waals surface area contributed by atoms with Crippen LogP contribution in [-0.2, 0) is 0 Å². The largest absolute Gasteiger partial charge is 0.383 e. The summed E-state index contributed by atoms with van der Waals surface area (Å²) >= 11 is 0. The molecule has 1 aliphatic rings. The number of anilines is 1. The quantitative estimate of drug-likeness (QED) is 0.861. The van der Waals surface area contributed by atoms with Gasteiger partial charge in [-0.1, -0.05) is 30.7 Å². The Kier molecular flexibility index (Phi) is 2.78. The highest BCUT2D eigenvalue weighted by Gasteiger charge is 2.20. The first-order valence-electron chi connectivity index (χ1n) is 6.57. The average molecular weight is 238 g/mol. The van der Waals surface area contributed by atoms with E-state index < -0.39 is 0 Å². The highest BCUT2D eigenvalue weighted by atomic mass is 14.8. The summed E-state index contributed by atoms with van der Waals surface area (Å²) in [5.74, 6) is 1.38. The molecule has 2 heteroatoms. The summed E-state index contributed by atoms with van der Waals surface area (Å²) in [6, 6.07) is 10.8. The Hall–Kier alpha value is -1.83. The second-order valence-electron chi connectivity index (χ2n) is 5.14. The van der Waals surface area contributed by atoms with E-state index in [4.69, 9.17) is 5.73 Å². The van der Waals surface area contributed by atoms with Gasteiger partial charge < -0.3 is 5.73 Å². The second-order valence-corrected chi connectivity index (χ2v) is 5.14. The van der Waals surface area contributed by atoms with E-state index in [1.807, 2.05) is 6.07 Å². The molecule has 1 aliphatic carbocycles. The van der Waals surface area contributed by atoms with E-state index in [-0.39, 0.29) is 0 Å². The minimum atomic E-state index is 0.626. The van der Waals surface area contributed by atoms with Crippen molar-refractivity contribution in [2.45, 2.75) is 32.1 Å². The van der Waals surface area contributed by atoms with E-state index in [0.29, 0.717) is 5.82 Å². The van der Waals surface area contributed by atoms with Crippen LogP contribution in [0, 0.1) is 6.92 Å². The minimum Gasteiger partial charge on any atom is -0.383 e. The van der Waals surface area contributed by atoms with Crippen LogP contribution < -0.4 is 5.73 Å². The molecule has 2 N–H and O–H groups in total. The van der Waals surface area contributed by atoms with E-state index in [0.717, 1.165) is 11.5 Å². The molecule has 0 spiro atoms. The molecule has 2 nitrogen and oxygen atoms in total. The maximum Gasteiger partial charge on any atom is 0.131 e. The predicted molar refractivity (Wildman–Crippen MR) is 75.4 cm³/mol. The number of aryl methyl sites for hydroxylation is 1. The molecular weight excluding hydrogens is 220 g/mol. The van der Waals surface area contributed by atoms with Gasteiger partial charge in [0.2, 0.25) is 0 Å². The van der Waals surface area contributed by atoms with Crippen molar-refractivity contribution in [3.63, 3.8) is 0 Å². The number of pyridine rings is 1. The van der Waals surface area contributed by atoms with Gasteiger partial charge in [-0.25, -0.2) is 4.98 Å². The zero-order valence-corrected chi connectivity index (χ0v) is 10.7. The number of hydrogen-bond acceptors (Lipinski definition) is 2. The third-order valence-corrected chi connectivity index (χ3v) is 3.94. The number of hydrogen-bond donors (Lipinski definition) is 1. The lowest BCUT2D eigenvalue weighted by Crippen LogP contribution is -2.08. The van der Waals surface area contributed by atoms with E-state index >= 15 is 0 Å². The first kappa shape index (κ1) is 11.3. The molecule has 0 aliphatic heterocycles. The molecule has 1 fully saturated rings. The molecule has 18 heavy (non-hydrogen) atoms. The second kappa shape index (κ2) is 4.45. The van der Waals surface area contributed by atoms with Crippen LogP contribution in [0.3, 0.4) is 0 Å². The van der Waals surface area contributed by atoms with Gasteiger partial charge in [-0.05, 0) is 48.4 Å². The van der Waals surface area contributed by atoms with E-state index in [2.05, 4.69) is 36.2 Å². The van der Waals surface area contributed by atoms with E-state index in [1.54, 1.807) is 6.20 Å². The van der Waals surface area contributed by atoms with Crippen molar-refractivity contribution < 1.29 is 0 Å². The monoisotopic (exact) mass is 238 g/mol. The van der Waals surface area contributed by atoms with Crippen molar-refractivity contribution >= 4 is 5.82 Å². The van der Waals surface area contributed by atoms with Crippen molar-refractivity contribution in [3.05, 3.63) is 47.7 Å². The summed E-state index contributed by atoms with van der Waals surface area (Å²) in [7, 11) is 0. The number of nitrogen functional groups attached to an aromatic ring is 1. The molecule has 1 aromatic heterocycles. The van der Waals surface area contributed by atoms with Gasteiger partial charge in [0.25, 0.3) is 0 Å². The zero-order valence-electron chi connectivity index (χ0n) is 10.7. The van der Waals surface area contributed by atoms with E-state index in [1.165, 1.54) is 36.0 Å². The molecule has 0 bridgehead atoms. The van der Waals surface area contributed by atoms with Crippen molar-refractivity contribution in [1.29, 1.82) is 0 Å². The Bertz CT molecular complexity index is 551. The standard InChI is InChI=1S/C16H18N2/c1-11-8-9-18-16(17)15(11)14-7-3-6-13(10-14)12-4-2-5-12/h3,6-10,12H,2,4-5H2,1H3,(H2,17,18).